The Labute approximate surface area is 141 Å². The van der Waals surface area contributed by atoms with E-state index in [-0.39, 0.29) is 17.7 Å². The Hall–Kier alpha value is -1.44. The summed E-state index contributed by atoms with van der Waals surface area (Å²) in [5.41, 5.74) is 5.35. The predicted octanol–water partition coefficient (Wildman–Crippen LogP) is 0.920. The van der Waals surface area contributed by atoms with Crippen molar-refractivity contribution in [3.8, 4) is 0 Å². The van der Waals surface area contributed by atoms with Crippen LogP contribution < -0.4 is 5.73 Å². The van der Waals surface area contributed by atoms with Gasteiger partial charge in [0.05, 0.1) is 19.7 Å². The minimum atomic E-state index is -0.226. The Balaban J connectivity index is 1.86. The van der Waals surface area contributed by atoms with E-state index in [0.29, 0.717) is 26.2 Å². The number of likely N-dealkylation sites (tertiary alicyclic amines) is 1. The molecule has 0 aromatic carbocycles. The van der Waals surface area contributed by atoms with Crippen molar-refractivity contribution in [3.63, 3.8) is 0 Å². The third-order valence-corrected chi connectivity index (χ3v) is 5.05. The molecule has 1 fully saturated rings. The molecule has 2 rings (SSSR count). The van der Waals surface area contributed by atoms with Crippen molar-refractivity contribution in [2.75, 3.05) is 39.9 Å². The molecular formula is C16H25N3O3S. The molecule has 0 saturated carbocycles. The van der Waals surface area contributed by atoms with Crippen molar-refractivity contribution >= 4 is 23.2 Å². The Morgan fingerprint density at radius 2 is 2.17 bits per heavy atom. The summed E-state index contributed by atoms with van der Waals surface area (Å²) in [6, 6.07) is 4.03. The summed E-state index contributed by atoms with van der Waals surface area (Å²) in [6.07, 6.45) is 1.48. The van der Waals surface area contributed by atoms with Gasteiger partial charge in [0.1, 0.15) is 0 Å². The van der Waals surface area contributed by atoms with Crippen LogP contribution in [0.25, 0.3) is 0 Å². The van der Waals surface area contributed by atoms with Crippen LogP contribution in [0.2, 0.25) is 0 Å². The van der Waals surface area contributed by atoms with Gasteiger partial charge in [-0.3, -0.25) is 14.5 Å². The number of primary amides is 1. The predicted molar refractivity (Wildman–Crippen MR) is 90.0 cm³/mol. The molecule has 0 radical (unpaired) electrons. The average molecular weight is 339 g/mol. The van der Waals surface area contributed by atoms with Crippen LogP contribution in [0.4, 0.5) is 0 Å². The van der Waals surface area contributed by atoms with Crippen LogP contribution >= 0.6 is 11.3 Å². The summed E-state index contributed by atoms with van der Waals surface area (Å²) in [6.45, 7) is 3.62. The molecule has 1 saturated heterocycles. The fraction of sp³-hybridized carbons (Fsp3) is 0.625. The zero-order valence-corrected chi connectivity index (χ0v) is 14.4. The molecule has 2 amide bonds. The van der Waals surface area contributed by atoms with E-state index in [9.17, 15) is 9.59 Å². The van der Waals surface area contributed by atoms with E-state index < -0.39 is 0 Å². The highest BCUT2D eigenvalue weighted by molar-refractivity contribution is 7.09. The molecular weight excluding hydrogens is 314 g/mol. The number of ether oxygens (including phenoxy) is 1. The number of thiophene rings is 1. The number of hydrogen-bond acceptors (Lipinski definition) is 5. The zero-order chi connectivity index (χ0) is 16.7. The van der Waals surface area contributed by atoms with Gasteiger partial charge >= 0.3 is 0 Å². The van der Waals surface area contributed by atoms with E-state index in [2.05, 4.69) is 4.90 Å². The normalized spacial score (nSPS) is 16.4. The minimum Gasteiger partial charge on any atom is -0.383 e. The monoisotopic (exact) mass is 339 g/mol. The average Bonchev–Trinajstić information content (AvgIpc) is 3.05. The van der Waals surface area contributed by atoms with Gasteiger partial charge in [0.15, 0.2) is 0 Å². The number of nitrogens with two attached hydrogens (primary N) is 1. The second-order valence-corrected chi connectivity index (χ2v) is 6.87. The van der Waals surface area contributed by atoms with Crippen LogP contribution in [-0.4, -0.2) is 61.5 Å². The lowest BCUT2D eigenvalue weighted by Crippen LogP contribution is -2.45. The van der Waals surface area contributed by atoms with Crippen molar-refractivity contribution in [1.29, 1.82) is 0 Å². The maximum atomic E-state index is 12.6. The van der Waals surface area contributed by atoms with Gasteiger partial charge in [0, 0.05) is 24.4 Å². The molecule has 23 heavy (non-hydrogen) atoms. The Bertz CT molecular complexity index is 499. The Kier molecular flexibility index (Phi) is 7.01. The number of carbonyl (C=O) groups excluding carboxylic acids is 2. The smallest absolute Gasteiger partial charge is 0.237 e. The molecule has 1 aliphatic rings. The SMILES string of the molecule is COCCN(Cc1cccs1)C(=O)CN1CCC(C(N)=O)CC1. The molecule has 7 heteroatoms. The van der Waals surface area contributed by atoms with Gasteiger partial charge in [-0.15, -0.1) is 11.3 Å². The molecule has 0 spiro atoms. The largest absolute Gasteiger partial charge is 0.383 e. The van der Waals surface area contributed by atoms with Gasteiger partial charge in [-0.25, -0.2) is 0 Å². The van der Waals surface area contributed by atoms with Crippen LogP contribution in [0, 0.1) is 5.92 Å². The van der Waals surface area contributed by atoms with Crippen LogP contribution in [0.1, 0.15) is 17.7 Å². The van der Waals surface area contributed by atoms with E-state index in [1.54, 1.807) is 18.4 Å². The maximum absolute atomic E-state index is 12.6. The third-order valence-electron chi connectivity index (χ3n) is 4.19. The zero-order valence-electron chi connectivity index (χ0n) is 13.6. The summed E-state index contributed by atoms with van der Waals surface area (Å²) in [4.78, 5) is 28.9. The van der Waals surface area contributed by atoms with Gasteiger partial charge in [0.2, 0.25) is 11.8 Å². The standard InChI is InChI=1S/C16H25N3O3S/c1-22-9-8-19(11-14-3-2-10-23-14)15(20)12-18-6-4-13(5-7-18)16(17)21/h2-3,10,13H,4-9,11-12H2,1H3,(H2,17,21). The first-order valence-corrected chi connectivity index (χ1v) is 8.79. The number of rotatable bonds is 8. The maximum Gasteiger partial charge on any atom is 0.237 e. The molecule has 0 bridgehead atoms. The Morgan fingerprint density at radius 3 is 2.74 bits per heavy atom. The highest BCUT2D eigenvalue weighted by Gasteiger charge is 2.25. The first-order valence-electron chi connectivity index (χ1n) is 7.91. The lowest BCUT2D eigenvalue weighted by molar-refractivity contribution is -0.134. The number of nitrogens with zero attached hydrogens (tertiary/aromatic N) is 2. The van der Waals surface area contributed by atoms with Crippen LogP contribution in [0.15, 0.2) is 17.5 Å². The van der Waals surface area contributed by atoms with Gasteiger partial charge in [-0.1, -0.05) is 6.07 Å². The number of piperidine rings is 1. The second kappa shape index (κ2) is 9.00. The number of amides is 2. The molecule has 1 aromatic rings. The van der Waals surface area contributed by atoms with Crippen molar-refractivity contribution < 1.29 is 14.3 Å². The molecule has 2 heterocycles. The lowest BCUT2D eigenvalue weighted by Gasteiger charge is -2.32. The summed E-state index contributed by atoms with van der Waals surface area (Å²) in [5.74, 6) is -0.166. The van der Waals surface area contributed by atoms with Gasteiger partial charge in [-0.05, 0) is 37.4 Å². The van der Waals surface area contributed by atoms with E-state index in [0.717, 1.165) is 25.9 Å². The van der Waals surface area contributed by atoms with Crippen molar-refractivity contribution in [2.24, 2.45) is 11.7 Å². The van der Waals surface area contributed by atoms with Crippen molar-refractivity contribution in [2.45, 2.75) is 19.4 Å². The quantitative estimate of drug-likeness (QED) is 0.764. The third kappa shape index (κ3) is 5.60. The topological polar surface area (TPSA) is 75.9 Å². The number of hydrogen-bond donors (Lipinski definition) is 1. The van der Waals surface area contributed by atoms with Crippen molar-refractivity contribution in [3.05, 3.63) is 22.4 Å². The molecule has 2 N–H and O–H groups in total. The lowest BCUT2D eigenvalue weighted by atomic mass is 9.96. The van der Waals surface area contributed by atoms with E-state index in [1.807, 2.05) is 22.4 Å². The first kappa shape index (κ1) is 17.9. The van der Waals surface area contributed by atoms with Gasteiger partial charge in [0.25, 0.3) is 0 Å². The molecule has 1 aliphatic heterocycles. The van der Waals surface area contributed by atoms with Crippen LogP contribution in [0.3, 0.4) is 0 Å². The van der Waals surface area contributed by atoms with Crippen LogP contribution in [-0.2, 0) is 20.9 Å². The molecule has 0 atom stereocenters. The summed E-state index contributed by atoms with van der Waals surface area (Å²) >= 11 is 1.65. The fourth-order valence-corrected chi connectivity index (χ4v) is 3.47. The van der Waals surface area contributed by atoms with Crippen molar-refractivity contribution in [1.82, 2.24) is 9.80 Å². The van der Waals surface area contributed by atoms with E-state index in [1.165, 1.54) is 4.88 Å². The molecule has 1 aromatic heterocycles. The number of methoxy groups -OCH3 is 1. The summed E-state index contributed by atoms with van der Waals surface area (Å²) < 4.78 is 5.12. The van der Waals surface area contributed by atoms with Crippen LogP contribution in [0.5, 0.6) is 0 Å². The highest BCUT2D eigenvalue weighted by Crippen LogP contribution is 2.17. The van der Waals surface area contributed by atoms with Gasteiger partial charge in [-0.2, -0.15) is 0 Å². The minimum absolute atomic E-state index is 0.0444. The number of carbonyl (C=O) groups is 2. The van der Waals surface area contributed by atoms with Gasteiger partial charge < -0.3 is 15.4 Å². The molecule has 0 unspecified atom stereocenters. The van der Waals surface area contributed by atoms with E-state index in [4.69, 9.17) is 10.5 Å². The molecule has 0 aliphatic carbocycles. The second-order valence-electron chi connectivity index (χ2n) is 5.84. The van der Waals surface area contributed by atoms with E-state index >= 15 is 0 Å². The summed E-state index contributed by atoms with van der Waals surface area (Å²) in [7, 11) is 1.64. The first-order chi connectivity index (χ1) is 11.1. The Morgan fingerprint density at radius 1 is 1.43 bits per heavy atom. The highest BCUT2D eigenvalue weighted by atomic mass is 32.1. The molecule has 6 nitrogen and oxygen atoms in total. The molecule has 128 valence electrons. The fourth-order valence-electron chi connectivity index (χ4n) is 2.75. The summed E-state index contributed by atoms with van der Waals surface area (Å²) in [5, 5.41) is 2.02.